The van der Waals surface area contributed by atoms with Gasteiger partial charge in [-0.1, -0.05) is 0 Å². The van der Waals surface area contributed by atoms with Crippen LogP contribution in [-0.2, 0) is 11.3 Å². The van der Waals surface area contributed by atoms with E-state index in [4.69, 9.17) is 9.47 Å². The maximum absolute atomic E-state index is 12.7. The standard InChI is InChI=1S/C19H29F2N3O3/c1-4-22-19(24(2)9-10-26-13-14-5-6-14)23-12-15-7-8-16(25-3)11-17(15)27-18(20)21/h7-8,11,14,18H,4-6,9-10,12-13H2,1-3H3,(H,22,23). The van der Waals surface area contributed by atoms with E-state index in [1.165, 1.54) is 26.0 Å². The lowest BCUT2D eigenvalue weighted by Crippen LogP contribution is -2.40. The van der Waals surface area contributed by atoms with Gasteiger partial charge in [0.15, 0.2) is 5.96 Å². The van der Waals surface area contributed by atoms with Crippen LogP contribution in [0.3, 0.4) is 0 Å². The van der Waals surface area contributed by atoms with Gasteiger partial charge < -0.3 is 24.4 Å². The van der Waals surface area contributed by atoms with Crippen molar-refractivity contribution in [2.24, 2.45) is 10.9 Å². The minimum absolute atomic E-state index is 0.0689. The molecule has 8 heteroatoms. The van der Waals surface area contributed by atoms with Gasteiger partial charge in [0, 0.05) is 38.4 Å². The molecule has 1 N–H and O–H groups in total. The Bertz CT molecular complexity index is 610. The number of hydrogen-bond acceptors (Lipinski definition) is 4. The summed E-state index contributed by atoms with van der Waals surface area (Å²) in [5, 5.41) is 3.20. The van der Waals surface area contributed by atoms with Gasteiger partial charge in [-0.05, 0) is 37.8 Å². The second-order valence-corrected chi connectivity index (χ2v) is 6.46. The molecule has 6 nitrogen and oxygen atoms in total. The lowest BCUT2D eigenvalue weighted by molar-refractivity contribution is -0.0505. The third kappa shape index (κ3) is 7.58. The Labute approximate surface area is 159 Å². The van der Waals surface area contributed by atoms with Crippen molar-refractivity contribution >= 4 is 5.96 Å². The SMILES string of the molecule is CCNC(=NCc1ccc(OC)cc1OC(F)F)N(C)CCOCC1CC1. The number of hydrogen-bond donors (Lipinski definition) is 1. The topological polar surface area (TPSA) is 55.3 Å². The van der Waals surface area contributed by atoms with Gasteiger partial charge in [0.1, 0.15) is 11.5 Å². The molecule has 152 valence electrons. The van der Waals surface area contributed by atoms with E-state index < -0.39 is 6.61 Å². The fraction of sp³-hybridized carbons (Fsp3) is 0.632. The molecule has 1 aromatic rings. The first-order chi connectivity index (χ1) is 13.0. The first-order valence-corrected chi connectivity index (χ1v) is 9.22. The molecule has 1 saturated carbocycles. The zero-order chi connectivity index (χ0) is 19.6. The quantitative estimate of drug-likeness (QED) is 0.360. The van der Waals surface area contributed by atoms with Crippen LogP contribution < -0.4 is 14.8 Å². The van der Waals surface area contributed by atoms with Crippen molar-refractivity contribution in [3.8, 4) is 11.5 Å². The molecular formula is C19H29F2N3O3. The number of nitrogens with zero attached hydrogens (tertiary/aromatic N) is 2. The number of benzene rings is 1. The first-order valence-electron chi connectivity index (χ1n) is 9.22. The fourth-order valence-corrected chi connectivity index (χ4v) is 2.47. The number of guanidine groups is 1. The highest BCUT2D eigenvalue weighted by Crippen LogP contribution is 2.29. The summed E-state index contributed by atoms with van der Waals surface area (Å²) >= 11 is 0. The molecule has 1 aliphatic rings. The molecule has 0 amide bonds. The molecule has 0 aliphatic heterocycles. The second-order valence-electron chi connectivity index (χ2n) is 6.46. The molecule has 0 spiro atoms. The number of ether oxygens (including phenoxy) is 3. The van der Waals surface area contributed by atoms with Crippen molar-refractivity contribution in [1.82, 2.24) is 10.2 Å². The summed E-state index contributed by atoms with van der Waals surface area (Å²) in [4.78, 5) is 6.51. The van der Waals surface area contributed by atoms with Crippen LogP contribution >= 0.6 is 0 Å². The predicted octanol–water partition coefficient (Wildman–Crippen LogP) is 3.12. The molecule has 1 fully saturated rings. The lowest BCUT2D eigenvalue weighted by atomic mass is 10.2. The second kappa shape index (κ2) is 10.9. The lowest BCUT2D eigenvalue weighted by Gasteiger charge is -2.22. The van der Waals surface area contributed by atoms with E-state index in [9.17, 15) is 8.78 Å². The Hall–Kier alpha value is -2.09. The van der Waals surface area contributed by atoms with Crippen LogP contribution in [-0.4, -0.2) is 57.9 Å². The van der Waals surface area contributed by atoms with E-state index in [0.717, 1.165) is 12.5 Å². The molecule has 2 rings (SSSR count). The zero-order valence-electron chi connectivity index (χ0n) is 16.2. The number of alkyl halides is 2. The predicted molar refractivity (Wildman–Crippen MR) is 101 cm³/mol. The molecule has 0 aromatic heterocycles. The summed E-state index contributed by atoms with van der Waals surface area (Å²) in [7, 11) is 3.40. The number of halogens is 2. The van der Waals surface area contributed by atoms with Gasteiger partial charge in [0.05, 0.1) is 20.3 Å². The van der Waals surface area contributed by atoms with E-state index in [0.29, 0.717) is 37.0 Å². The Balaban J connectivity index is 1.99. The Kier molecular flexibility index (Phi) is 8.57. The van der Waals surface area contributed by atoms with Crippen LogP contribution in [0.5, 0.6) is 11.5 Å². The molecule has 27 heavy (non-hydrogen) atoms. The molecule has 1 aliphatic carbocycles. The minimum atomic E-state index is -2.90. The van der Waals surface area contributed by atoms with Crippen molar-refractivity contribution in [2.45, 2.75) is 32.9 Å². The monoisotopic (exact) mass is 385 g/mol. The van der Waals surface area contributed by atoms with Crippen molar-refractivity contribution < 1.29 is 23.0 Å². The average Bonchev–Trinajstić information content (AvgIpc) is 3.46. The summed E-state index contributed by atoms with van der Waals surface area (Å²) in [5.41, 5.74) is 0.560. The molecule has 0 unspecified atom stereocenters. The van der Waals surface area contributed by atoms with E-state index in [2.05, 4.69) is 15.0 Å². The van der Waals surface area contributed by atoms with Crippen molar-refractivity contribution in [3.05, 3.63) is 23.8 Å². The highest BCUT2D eigenvalue weighted by molar-refractivity contribution is 5.79. The summed E-state index contributed by atoms with van der Waals surface area (Å²) in [6.07, 6.45) is 2.54. The van der Waals surface area contributed by atoms with Gasteiger partial charge in [0.2, 0.25) is 0 Å². The van der Waals surface area contributed by atoms with Crippen LogP contribution in [0.15, 0.2) is 23.2 Å². The largest absolute Gasteiger partial charge is 0.497 e. The third-order valence-electron chi connectivity index (χ3n) is 4.21. The summed E-state index contributed by atoms with van der Waals surface area (Å²) < 4.78 is 40.7. The van der Waals surface area contributed by atoms with Gasteiger partial charge in [-0.3, -0.25) is 0 Å². The number of aliphatic imine (C=N–C) groups is 1. The van der Waals surface area contributed by atoms with Crippen LogP contribution in [0, 0.1) is 5.92 Å². The maximum Gasteiger partial charge on any atom is 0.387 e. The van der Waals surface area contributed by atoms with E-state index >= 15 is 0 Å². The number of likely N-dealkylation sites (N-methyl/N-ethyl adjacent to an activating group) is 1. The maximum atomic E-state index is 12.7. The Morgan fingerprint density at radius 3 is 2.78 bits per heavy atom. The van der Waals surface area contributed by atoms with Crippen LogP contribution in [0.1, 0.15) is 25.3 Å². The van der Waals surface area contributed by atoms with E-state index in [1.807, 2.05) is 18.9 Å². The normalized spacial score (nSPS) is 14.4. The zero-order valence-corrected chi connectivity index (χ0v) is 16.2. The molecule has 0 heterocycles. The van der Waals surface area contributed by atoms with E-state index in [-0.39, 0.29) is 12.3 Å². The number of methoxy groups -OCH3 is 1. The molecule has 0 atom stereocenters. The van der Waals surface area contributed by atoms with Crippen LogP contribution in [0.2, 0.25) is 0 Å². The molecule has 0 radical (unpaired) electrons. The van der Waals surface area contributed by atoms with Crippen LogP contribution in [0.25, 0.3) is 0 Å². The average molecular weight is 385 g/mol. The highest BCUT2D eigenvalue weighted by Gasteiger charge is 2.21. The highest BCUT2D eigenvalue weighted by atomic mass is 19.3. The molecule has 0 bridgehead atoms. The van der Waals surface area contributed by atoms with Crippen molar-refractivity contribution in [3.63, 3.8) is 0 Å². The minimum Gasteiger partial charge on any atom is -0.497 e. The summed E-state index contributed by atoms with van der Waals surface area (Å²) in [6.45, 7) is 2.13. The van der Waals surface area contributed by atoms with Crippen molar-refractivity contribution in [1.29, 1.82) is 0 Å². The van der Waals surface area contributed by atoms with Crippen LogP contribution in [0.4, 0.5) is 8.78 Å². The molecular weight excluding hydrogens is 356 g/mol. The summed E-state index contributed by atoms with van der Waals surface area (Å²) in [6, 6.07) is 4.83. The first kappa shape index (κ1) is 21.2. The van der Waals surface area contributed by atoms with Gasteiger partial charge >= 0.3 is 6.61 Å². The fourth-order valence-electron chi connectivity index (χ4n) is 2.47. The molecule has 0 saturated heterocycles. The third-order valence-corrected chi connectivity index (χ3v) is 4.21. The smallest absolute Gasteiger partial charge is 0.387 e. The van der Waals surface area contributed by atoms with E-state index in [1.54, 1.807) is 12.1 Å². The number of nitrogens with one attached hydrogen (secondary N) is 1. The summed E-state index contributed by atoms with van der Waals surface area (Å²) in [5.74, 6) is 1.95. The Morgan fingerprint density at radius 1 is 1.37 bits per heavy atom. The van der Waals surface area contributed by atoms with Gasteiger partial charge in [0.25, 0.3) is 0 Å². The number of rotatable bonds is 11. The van der Waals surface area contributed by atoms with Gasteiger partial charge in [-0.2, -0.15) is 8.78 Å². The van der Waals surface area contributed by atoms with Crippen molar-refractivity contribution in [2.75, 3.05) is 40.5 Å². The van der Waals surface area contributed by atoms with Gasteiger partial charge in [-0.15, -0.1) is 0 Å². The Morgan fingerprint density at radius 2 is 2.15 bits per heavy atom. The molecule has 1 aromatic carbocycles. The van der Waals surface area contributed by atoms with Gasteiger partial charge in [-0.25, -0.2) is 4.99 Å².